The number of methoxy groups -OCH3 is 1. The Morgan fingerprint density at radius 2 is 1.94 bits per heavy atom. The van der Waals surface area contributed by atoms with Crippen LogP contribution in [0, 0.1) is 10.1 Å². The number of ether oxygens (including phenoxy) is 2. The summed E-state index contributed by atoms with van der Waals surface area (Å²) in [5, 5.41) is 22.0. The van der Waals surface area contributed by atoms with Gasteiger partial charge in [0.15, 0.2) is 17.3 Å². The van der Waals surface area contributed by atoms with Crippen molar-refractivity contribution in [3.8, 4) is 11.5 Å². The van der Waals surface area contributed by atoms with Crippen molar-refractivity contribution in [3.05, 3.63) is 54.7 Å². The second kappa shape index (κ2) is 8.63. The monoisotopic (exact) mass is 447 g/mol. The Labute approximate surface area is 180 Å². The summed E-state index contributed by atoms with van der Waals surface area (Å²) >= 11 is 0. The smallest absolute Gasteiger partial charge is 0.437 e. The fourth-order valence-corrected chi connectivity index (χ4v) is 3.24. The molecule has 32 heavy (non-hydrogen) atoms. The van der Waals surface area contributed by atoms with Crippen LogP contribution >= 0.6 is 0 Å². The van der Waals surface area contributed by atoms with E-state index in [4.69, 9.17) is 9.47 Å². The molecule has 1 aromatic carbocycles. The van der Waals surface area contributed by atoms with Gasteiger partial charge in [-0.2, -0.15) is 0 Å². The summed E-state index contributed by atoms with van der Waals surface area (Å²) in [7, 11) is 3.98. The number of ketones is 1. The third-order valence-corrected chi connectivity index (χ3v) is 4.88. The fourth-order valence-electron chi connectivity index (χ4n) is 3.24. The predicted octanol–water partition coefficient (Wildman–Crippen LogP) is -0.00700. The zero-order valence-corrected chi connectivity index (χ0v) is 17.8. The van der Waals surface area contributed by atoms with Gasteiger partial charge in [-0.05, 0) is 30.0 Å². The second-order valence-corrected chi connectivity index (χ2v) is 7.04. The number of Topliss-reactive ketones (excluding diaryl/α,β-unsaturated/α-hetero) is 1. The van der Waals surface area contributed by atoms with Crippen molar-refractivity contribution in [1.82, 2.24) is 18.7 Å². The molecule has 2 heterocycles. The van der Waals surface area contributed by atoms with Gasteiger partial charge in [-0.25, -0.2) is 9.36 Å². The number of hydrogen-bond acceptors (Lipinski definition) is 9. The van der Waals surface area contributed by atoms with Crippen molar-refractivity contribution >= 4 is 22.9 Å². The lowest BCUT2D eigenvalue weighted by molar-refractivity contribution is -0.396. The van der Waals surface area contributed by atoms with Crippen LogP contribution in [0.3, 0.4) is 0 Å². The van der Waals surface area contributed by atoms with E-state index in [0.29, 0.717) is 5.56 Å². The molecular weight excluding hydrogens is 426 g/mol. The van der Waals surface area contributed by atoms with E-state index in [1.165, 1.54) is 46.3 Å². The van der Waals surface area contributed by atoms with Crippen molar-refractivity contribution < 1.29 is 24.3 Å². The molecule has 0 radical (unpaired) electrons. The number of hydrogen-bond donors (Lipinski definition) is 1. The highest BCUT2D eigenvalue weighted by atomic mass is 16.6. The average molecular weight is 447 g/mol. The molecule has 1 N–H and O–H groups in total. The van der Waals surface area contributed by atoms with Crippen molar-refractivity contribution in [2.24, 2.45) is 14.1 Å². The molecule has 0 aliphatic rings. The molecule has 0 spiro atoms. The molecule has 0 saturated carbocycles. The Hall–Kier alpha value is -4.00. The van der Waals surface area contributed by atoms with E-state index in [0.717, 1.165) is 13.7 Å². The SMILES string of the molecule is COc1cc(C(C)=O)ccc1OC[C@@H](O)Cn1c([N+](=O)[O-])nc2c(=O)n(C)c(=O)n(C)c21. The van der Waals surface area contributed by atoms with Crippen LogP contribution in [0.4, 0.5) is 5.95 Å². The molecule has 13 heteroatoms. The quantitative estimate of drug-likeness (QED) is 0.284. The molecule has 0 fully saturated rings. The number of nitro groups is 1. The van der Waals surface area contributed by atoms with Crippen LogP contribution in [-0.2, 0) is 20.6 Å². The Balaban J connectivity index is 1.92. The number of carbonyl (C=O) groups is 1. The molecule has 2 aromatic heterocycles. The molecule has 13 nitrogen and oxygen atoms in total. The summed E-state index contributed by atoms with van der Waals surface area (Å²) in [4.78, 5) is 50.6. The first-order chi connectivity index (χ1) is 15.1. The molecule has 0 aliphatic carbocycles. The van der Waals surface area contributed by atoms with E-state index in [1.54, 1.807) is 0 Å². The number of carbonyl (C=O) groups excluding carboxylic acids is 1. The largest absolute Gasteiger partial charge is 0.493 e. The number of nitrogens with zero attached hydrogens (tertiary/aromatic N) is 5. The molecule has 0 aliphatic heterocycles. The number of fused-ring (bicyclic) bond motifs is 1. The van der Waals surface area contributed by atoms with Crippen molar-refractivity contribution in [3.63, 3.8) is 0 Å². The summed E-state index contributed by atoms with van der Waals surface area (Å²) in [5.74, 6) is -0.329. The molecule has 0 saturated heterocycles. The van der Waals surface area contributed by atoms with Gasteiger partial charge in [0.2, 0.25) is 5.65 Å². The van der Waals surface area contributed by atoms with Crippen LogP contribution in [-0.4, -0.2) is 54.3 Å². The van der Waals surface area contributed by atoms with Crippen molar-refractivity contribution in [2.45, 2.75) is 19.6 Å². The maximum atomic E-state index is 12.4. The average Bonchev–Trinajstić information content (AvgIpc) is 3.14. The van der Waals surface area contributed by atoms with Gasteiger partial charge in [0.1, 0.15) is 19.3 Å². The van der Waals surface area contributed by atoms with Crippen LogP contribution < -0.4 is 20.7 Å². The topological polar surface area (TPSA) is 161 Å². The summed E-state index contributed by atoms with van der Waals surface area (Å²) in [6.07, 6.45) is -1.28. The first-order valence-corrected chi connectivity index (χ1v) is 9.37. The highest BCUT2D eigenvalue weighted by molar-refractivity contribution is 5.94. The summed E-state index contributed by atoms with van der Waals surface area (Å²) in [6.45, 7) is 0.731. The molecule has 3 rings (SSSR count). The van der Waals surface area contributed by atoms with Crippen molar-refractivity contribution in [1.29, 1.82) is 0 Å². The Kier molecular flexibility index (Phi) is 6.11. The molecule has 0 bridgehead atoms. The minimum absolute atomic E-state index is 0.0905. The zero-order valence-electron chi connectivity index (χ0n) is 17.8. The zero-order chi connectivity index (χ0) is 23.7. The number of aliphatic hydroxyl groups is 1. The van der Waals surface area contributed by atoms with Gasteiger partial charge in [-0.15, -0.1) is 0 Å². The van der Waals surface area contributed by atoms with Crippen LogP contribution in [0.1, 0.15) is 17.3 Å². The normalized spacial score (nSPS) is 12.0. The van der Waals surface area contributed by atoms with Crippen LogP contribution in [0.2, 0.25) is 0 Å². The lowest BCUT2D eigenvalue weighted by atomic mass is 10.1. The number of aliphatic hydroxyl groups excluding tert-OH is 1. The molecule has 1 atom stereocenters. The lowest BCUT2D eigenvalue weighted by Crippen LogP contribution is -2.37. The van der Waals surface area contributed by atoms with Crippen LogP contribution in [0.5, 0.6) is 11.5 Å². The predicted molar refractivity (Wildman–Crippen MR) is 111 cm³/mol. The first kappa shape index (κ1) is 22.7. The summed E-state index contributed by atoms with van der Waals surface area (Å²) in [6, 6.07) is 4.53. The lowest BCUT2D eigenvalue weighted by Gasteiger charge is -2.15. The van der Waals surface area contributed by atoms with Gasteiger partial charge in [-0.3, -0.25) is 18.7 Å². The van der Waals surface area contributed by atoms with Gasteiger partial charge in [-0.1, -0.05) is 4.98 Å². The van der Waals surface area contributed by atoms with Gasteiger partial charge < -0.3 is 24.7 Å². The Bertz CT molecular complexity index is 1340. The van der Waals surface area contributed by atoms with E-state index < -0.39 is 28.2 Å². The minimum Gasteiger partial charge on any atom is -0.493 e. The van der Waals surface area contributed by atoms with E-state index in [2.05, 4.69) is 4.98 Å². The third-order valence-electron chi connectivity index (χ3n) is 4.88. The highest BCUT2D eigenvalue weighted by Crippen LogP contribution is 2.28. The summed E-state index contributed by atoms with van der Waals surface area (Å²) in [5.41, 5.74) is -1.42. The van der Waals surface area contributed by atoms with Crippen LogP contribution in [0.15, 0.2) is 27.8 Å². The van der Waals surface area contributed by atoms with Gasteiger partial charge in [0, 0.05) is 19.7 Å². The highest BCUT2D eigenvalue weighted by Gasteiger charge is 2.29. The van der Waals surface area contributed by atoms with Gasteiger partial charge in [0.25, 0.3) is 5.52 Å². The standard InChI is InChI=1S/C19H21N5O8/c1-10(25)11-5-6-13(14(7-11)31-4)32-9-12(26)8-23-16-15(20-18(23)24(29)30)17(27)22(3)19(28)21(16)2/h5-7,12,26H,8-9H2,1-4H3/t12-/m0/s1. The molecule has 3 aromatic rings. The number of benzene rings is 1. The second-order valence-electron chi connectivity index (χ2n) is 7.04. The Morgan fingerprint density at radius 3 is 2.53 bits per heavy atom. The van der Waals surface area contributed by atoms with Crippen LogP contribution in [0.25, 0.3) is 11.2 Å². The first-order valence-electron chi connectivity index (χ1n) is 9.37. The molecule has 0 amide bonds. The van der Waals surface area contributed by atoms with Crippen molar-refractivity contribution in [2.75, 3.05) is 13.7 Å². The molecular formula is C19H21N5O8. The van der Waals surface area contributed by atoms with E-state index in [9.17, 15) is 29.6 Å². The van der Waals surface area contributed by atoms with E-state index >= 15 is 0 Å². The number of imidazole rings is 1. The van der Waals surface area contributed by atoms with E-state index in [-0.39, 0.29) is 41.6 Å². The number of aryl methyl sites for hydroxylation is 1. The molecule has 0 unspecified atom stereocenters. The Morgan fingerprint density at radius 1 is 1.25 bits per heavy atom. The van der Waals surface area contributed by atoms with Gasteiger partial charge in [0.05, 0.1) is 7.11 Å². The fraction of sp³-hybridized carbons (Fsp3) is 0.368. The molecule has 170 valence electrons. The van der Waals surface area contributed by atoms with Gasteiger partial charge >= 0.3 is 17.2 Å². The number of aromatic nitrogens is 4. The van der Waals surface area contributed by atoms with E-state index in [1.807, 2.05) is 0 Å². The third kappa shape index (κ3) is 3.97. The maximum Gasteiger partial charge on any atom is 0.437 e. The number of rotatable bonds is 8. The summed E-state index contributed by atoms with van der Waals surface area (Å²) < 4.78 is 13.6. The minimum atomic E-state index is -1.28. The maximum absolute atomic E-state index is 12.4.